The molecule has 0 radical (unpaired) electrons. The number of nitrogens with one attached hydrogen (secondary N) is 2. The molecule has 0 bridgehead atoms. The average Bonchev–Trinajstić information content (AvgIpc) is 2.70. The Morgan fingerprint density at radius 2 is 1.77 bits per heavy atom. The maximum absolute atomic E-state index is 12.6. The molecule has 0 spiro atoms. The smallest absolute Gasteiger partial charge is 0.237 e. The van der Waals surface area contributed by atoms with E-state index in [1.165, 1.54) is 0 Å². The minimum absolute atomic E-state index is 0.0536. The van der Waals surface area contributed by atoms with Gasteiger partial charge in [0.05, 0.1) is 18.0 Å². The van der Waals surface area contributed by atoms with E-state index in [1.807, 2.05) is 30.3 Å². The Balaban J connectivity index is 1.50. The molecule has 1 aromatic carbocycles. The molecular formula is C22H32N2O5S. The first-order chi connectivity index (χ1) is 14.1. The normalized spacial score (nSPS) is 20.9. The summed E-state index contributed by atoms with van der Waals surface area (Å²) in [7, 11) is -3.44. The number of carbonyl (C=O) groups excluding carboxylic acids is 1. The van der Waals surface area contributed by atoms with Crippen molar-refractivity contribution in [2.24, 2.45) is 5.92 Å². The maximum Gasteiger partial charge on any atom is 0.237 e. The molecule has 1 amide bonds. The highest BCUT2D eigenvalue weighted by molar-refractivity contribution is 7.90. The van der Waals surface area contributed by atoms with Gasteiger partial charge in [-0.15, -0.1) is 0 Å². The van der Waals surface area contributed by atoms with Crippen molar-refractivity contribution < 1.29 is 22.7 Å². The van der Waals surface area contributed by atoms with Crippen LogP contribution in [0.1, 0.15) is 52.9 Å². The molecule has 8 heteroatoms. The molecule has 3 rings (SSSR count). The van der Waals surface area contributed by atoms with E-state index < -0.39 is 14.8 Å². The number of sulfonamides is 1. The highest BCUT2D eigenvalue weighted by atomic mass is 32.2. The fourth-order valence-corrected chi connectivity index (χ4v) is 4.17. The summed E-state index contributed by atoms with van der Waals surface area (Å²) in [6, 6.07) is 7.42. The Kier molecular flexibility index (Phi) is 7.08. The Morgan fingerprint density at radius 3 is 2.33 bits per heavy atom. The molecule has 1 aromatic rings. The minimum Gasteiger partial charge on any atom is -0.490 e. The molecule has 1 aliphatic carbocycles. The van der Waals surface area contributed by atoms with Crippen molar-refractivity contribution in [2.75, 3.05) is 18.5 Å². The van der Waals surface area contributed by atoms with E-state index in [9.17, 15) is 13.2 Å². The van der Waals surface area contributed by atoms with Crippen LogP contribution in [0.5, 0.6) is 5.75 Å². The third-order valence-corrected chi connectivity index (χ3v) is 7.59. The van der Waals surface area contributed by atoms with E-state index in [1.54, 1.807) is 20.8 Å². The highest BCUT2D eigenvalue weighted by Gasteiger charge is 2.31. The highest BCUT2D eigenvalue weighted by Crippen LogP contribution is 2.26. The summed E-state index contributed by atoms with van der Waals surface area (Å²) in [5.74, 6) is 0.560. The lowest BCUT2D eigenvalue weighted by Crippen LogP contribution is -2.39. The number of amides is 1. The zero-order chi connectivity index (χ0) is 21.8. The van der Waals surface area contributed by atoms with Crippen molar-refractivity contribution in [3.63, 3.8) is 0 Å². The fourth-order valence-electron chi connectivity index (χ4n) is 3.34. The lowest BCUT2D eigenvalue weighted by molar-refractivity contribution is -0.120. The molecular weight excluding hydrogens is 404 g/mol. The van der Waals surface area contributed by atoms with Gasteiger partial charge >= 0.3 is 0 Å². The van der Waals surface area contributed by atoms with Gasteiger partial charge < -0.3 is 14.8 Å². The van der Waals surface area contributed by atoms with Crippen molar-refractivity contribution in [1.29, 1.82) is 0 Å². The van der Waals surface area contributed by atoms with Crippen LogP contribution in [-0.2, 0) is 19.6 Å². The SMILES string of the molecule is CC(C)(C)S(=O)(=O)NC1=CCC(C(=O)Nc2ccc(OC3CCOCC3)cc2)CC1. The molecule has 1 fully saturated rings. The zero-order valence-electron chi connectivity index (χ0n) is 17.9. The first-order valence-electron chi connectivity index (χ1n) is 10.5. The lowest BCUT2D eigenvalue weighted by Gasteiger charge is -2.26. The summed E-state index contributed by atoms with van der Waals surface area (Å²) in [5.41, 5.74) is 1.39. The second kappa shape index (κ2) is 9.39. The Labute approximate surface area is 179 Å². The topological polar surface area (TPSA) is 93.7 Å². The predicted molar refractivity (Wildman–Crippen MR) is 117 cm³/mol. The molecule has 1 atom stereocenters. The molecule has 2 aliphatic rings. The molecule has 166 valence electrons. The van der Waals surface area contributed by atoms with Crippen molar-refractivity contribution in [3.8, 4) is 5.75 Å². The van der Waals surface area contributed by atoms with Gasteiger partial charge in [0.25, 0.3) is 0 Å². The lowest BCUT2D eigenvalue weighted by atomic mass is 9.92. The molecule has 0 saturated carbocycles. The summed E-state index contributed by atoms with van der Waals surface area (Å²) < 4.78 is 37.6. The summed E-state index contributed by atoms with van der Waals surface area (Å²) in [4.78, 5) is 12.6. The first kappa shape index (κ1) is 22.6. The largest absolute Gasteiger partial charge is 0.490 e. The van der Waals surface area contributed by atoms with Crippen LogP contribution >= 0.6 is 0 Å². The van der Waals surface area contributed by atoms with Gasteiger partial charge in [0.2, 0.25) is 15.9 Å². The molecule has 1 unspecified atom stereocenters. The fraction of sp³-hybridized carbons (Fsp3) is 0.591. The molecule has 1 heterocycles. The second-order valence-electron chi connectivity index (χ2n) is 8.86. The molecule has 1 saturated heterocycles. The summed E-state index contributed by atoms with van der Waals surface area (Å²) in [6.07, 6.45) is 5.43. The number of hydrogen-bond donors (Lipinski definition) is 2. The predicted octanol–water partition coefficient (Wildman–Crippen LogP) is 3.58. The van der Waals surface area contributed by atoms with Crippen molar-refractivity contribution in [3.05, 3.63) is 36.0 Å². The number of ether oxygens (including phenoxy) is 2. The maximum atomic E-state index is 12.6. The number of carbonyl (C=O) groups is 1. The van der Waals surface area contributed by atoms with Gasteiger partial charge in [0.15, 0.2) is 0 Å². The number of anilines is 1. The van der Waals surface area contributed by atoms with Crippen LogP contribution in [0.15, 0.2) is 36.0 Å². The zero-order valence-corrected chi connectivity index (χ0v) is 18.8. The van der Waals surface area contributed by atoms with Gasteiger partial charge in [-0.3, -0.25) is 9.52 Å². The summed E-state index contributed by atoms with van der Waals surface area (Å²) in [5, 5.41) is 2.95. The van der Waals surface area contributed by atoms with E-state index in [4.69, 9.17) is 9.47 Å². The second-order valence-corrected chi connectivity index (χ2v) is 11.3. The van der Waals surface area contributed by atoms with Gasteiger partial charge in [-0.2, -0.15) is 0 Å². The number of allylic oxidation sites excluding steroid dienone is 2. The van der Waals surface area contributed by atoms with Gasteiger partial charge in [-0.1, -0.05) is 6.08 Å². The molecule has 2 N–H and O–H groups in total. The Morgan fingerprint density at radius 1 is 1.10 bits per heavy atom. The third kappa shape index (κ3) is 5.98. The summed E-state index contributed by atoms with van der Waals surface area (Å²) in [6.45, 7) is 6.45. The van der Waals surface area contributed by atoms with Crippen molar-refractivity contribution >= 4 is 21.6 Å². The monoisotopic (exact) mass is 436 g/mol. The van der Waals surface area contributed by atoms with Gasteiger partial charge in [0.1, 0.15) is 11.9 Å². The van der Waals surface area contributed by atoms with Gasteiger partial charge in [0, 0.05) is 30.1 Å². The first-order valence-corrected chi connectivity index (χ1v) is 12.0. The van der Waals surface area contributed by atoms with Crippen LogP contribution in [0.2, 0.25) is 0 Å². The number of benzene rings is 1. The van der Waals surface area contributed by atoms with Crippen LogP contribution in [0.25, 0.3) is 0 Å². The van der Waals surface area contributed by atoms with E-state index in [0.29, 0.717) is 25.0 Å². The Hall–Kier alpha value is -2.06. The van der Waals surface area contributed by atoms with E-state index >= 15 is 0 Å². The van der Waals surface area contributed by atoms with Gasteiger partial charge in [-0.05, 0) is 64.3 Å². The van der Waals surface area contributed by atoms with Crippen LogP contribution in [0, 0.1) is 5.92 Å². The van der Waals surface area contributed by atoms with Crippen molar-refractivity contribution in [2.45, 2.75) is 63.7 Å². The average molecular weight is 437 g/mol. The van der Waals surface area contributed by atoms with Crippen LogP contribution < -0.4 is 14.8 Å². The van der Waals surface area contributed by atoms with E-state index in [2.05, 4.69) is 10.0 Å². The molecule has 30 heavy (non-hydrogen) atoms. The van der Waals surface area contributed by atoms with Crippen molar-refractivity contribution in [1.82, 2.24) is 4.72 Å². The van der Waals surface area contributed by atoms with E-state index in [0.717, 1.165) is 37.5 Å². The minimum atomic E-state index is -3.44. The quantitative estimate of drug-likeness (QED) is 0.711. The standard InChI is InChI=1S/C22H32N2O5S/c1-22(2,3)30(26,27)24-18-6-4-16(5-7-18)21(25)23-17-8-10-19(11-9-17)29-20-12-14-28-15-13-20/h6,8-11,16,20,24H,4-5,7,12-15H2,1-3H3,(H,23,25). The van der Waals surface area contributed by atoms with Crippen LogP contribution in [-0.4, -0.2) is 38.4 Å². The third-order valence-electron chi connectivity index (χ3n) is 5.45. The number of hydrogen-bond acceptors (Lipinski definition) is 5. The molecule has 1 aliphatic heterocycles. The van der Waals surface area contributed by atoms with E-state index in [-0.39, 0.29) is 17.9 Å². The van der Waals surface area contributed by atoms with Crippen LogP contribution in [0.4, 0.5) is 5.69 Å². The summed E-state index contributed by atoms with van der Waals surface area (Å²) >= 11 is 0. The number of rotatable bonds is 6. The van der Waals surface area contributed by atoms with Gasteiger partial charge in [-0.25, -0.2) is 8.42 Å². The van der Waals surface area contributed by atoms with Crippen LogP contribution in [0.3, 0.4) is 0 Å². The Bertz CT molecular complexity index is 866. The molecule has 7 nitrogen and oxygen atoms in total. The molecule has 0 aromatic heterocycles.